The summed E-state index contributed by atoms with van der Waals surface area (Å²) >= 11 is 0. The van der Waals surface area contributed by atoms with Crippen LogP contribution in [0.3, 0.4) is 0 Å². The van der Waals surface area contributed by atoms with E-state index in [0.717, 1.165) is 25.7 Å². The summed E-state index contributed by atoms with van der Waals surface area (Å²) in [5.74, 6) is -0.369. The fourth-order valence-corrected chi connectivity index (χ4v) is 2.25. The van der Waals surface area contributed by atoms with E-state index in [-0.39, 0.29) is 36.7 Å². The van der Waals surface area contributed by atoms with Crippen LogP contribution in [0.5, 0.6) is 0 Å². The average molecular weight is 251 g/mol. The van der Waals surface area contributed by atoms with Crippen LogP contribution in [0.4, 0.5) is 0 Å². The first kappa shape index (κ1) is 11.6. The van der Waals surface area contributed by atoms with Crippen LogP contribution in [0.15, 0.2) is 0 Å². The normalized spacial score (nSPS) is 27.8. The summed E-state index contributed by atoms with van der Waals surface area (Å²) < 4.78 is 0. The number of nitrogens with one attached hydrogen (secondary N) is 2. The molecule has 98 valence electrons. The Morgan fingerprint density at radius 1 is 1.22 bits per heavy atom. The second kappa shape index (κ2) is 4.35. The summed E-state index contributed by atoms with van der Waals surface area (Å²) in [6.45, 7) is 0.110. The Labute approximate surface area is 105 Å². The molecule has 3 amide bonds. The summed E-state index contributed by atoms with van der Waals surface area (Å²) in [5, 5.41) is 5.72. The molecule has 6 heteroatoms. The number of likely N-dealkylation sites (tertiary alicyclic amines) is 1. The van der Waals surface area contributed by atoms with Crippen LogP contribution in [-0.4, -0.2) is 47.3 Å². The highest BCUT2D eigenvalue weighted by molar-refractivity contribution is 6.06. The van der Waals surface area contributed by atoms with Crippen molar-refractivity contribution < 1.29 is 14.4 Å². The monoisotopic (exact) mass is 251 g/mol. The molecule has 1 aliphatic heterocycles. The fraction of sp³-hybridized carbons (Fsp3) is 0.750. The fourth-order valence-electron chi connectivity index (χ4n) is 2.25. The highest BCUT2D eigenvalue weighted by Gasteiger charge is 2.45. The minimum atomic E-state index is -0.511. The lowest BCUT2D eigenvalue weighted by atomic mass is 10.2. The minimum Gasteiger partial charge on any atom is -0.352 e. The largest absolute Gasteiger partial charge is 0.352 e. The van der Waals surface area contributed by atoms with Gasteiger partial charge >= 0.3 is 0 Å². The summed E-state index contributed by atoms with van der Waals surface area (Å²) in [5.41, 5.74) is 0. The number of hydrogen-bond donors (Lipinski definition) is 2. The zero-order chi connectivity index (χ0) is 12.7. The van der Waals surface area contributed by atoms with E-state index in [9.17, 15) is 14.4 Å². The molecule has 1 unspecified atom stereocenters. The molecule has 0 aromatic rings. The van der Waals surface area contributed by atoms with Crippen LogP contribution in [0.2, 0.25) is 0 Å². The minimum absolute atomic E-state index is 0.0948. The highest BCUT2D eigenvalue weighted by Crippen LogP contribution is 2.31. The molecule has 0 radical (unpaired) electrons. The molecule has 1 heterocycles. The van der Waals surface area contributed by atoms with Crippen LogP contribution >= 0.6 is 0 Å². The molecule has 1 atom stereocenters. The van der Waals surface area contributed by atoms with Gasteiger partial charge < -0.3 is 5.32 Å². The van der Waals surface area contributed by atoms with Gasteiger partial charge in [-0.2, -0.15) is 0 Å². The van der Waals surface area contributed by atoms with E-state index >= 15 is 0 Å². The number of imide groups is 1. The van der Waals surface area contributed by atoms with Crippen LogP contribution in [0.1, 0.15) is 32.1 Å². The van der Waals surface area contributed by atoms with Crippen LogP contribution in [-0.2, 0) is 14.4 Å². The number of carbonyl (C=O) groups is 3. The van der Waals surface area contributed by atoms with Crippen molar-refractivity contribution in [1.82, 2.24) is 15.5 Å². The molecule has 2 aliphatic carbocycles. The van der Waals surface area contributed by atoms with Crippen molar-refractivity contribution in [1.29, 1.82) is 0 Å². The lowest BCUT2D eigenvalue weighted by Crippen LogP contribution is -2.44. The predicted octanol–water partition coefficient (Wildman–Crippen LogP) is -0.855. The van der Waals surface area contributed by atoms with E-state index in [0.29, 0.717) is 6.04 Å². The molecule has 2 N–H and O–H groups in total. The molecule has 0 aromatic carbocycles. The average Bonchev–Trinajstić information content (AvgIpc) is 3.19. The van der Waals surface area contributed by atoms with Gasteiger partial charge in [0.1, 0.15) is 0 Å². The zero-order valence-electron chi connectivity index (χ0n) is 10.1. The second-order valence-corrected chi connectivity index (χ2v) is 5.31. The van der Waals surface area contributed by atoms with Gasteiger partial charge in [-0.1, -0.05) is 0 Å². The summed E-state index contributed by atoms with van der Waals surface area (Å²) in [4.78, 5) is 36.5. The Morgan fingerprint density at radius 2 is 1.94 bits per heavy atom. The smallest absolute Gasteiger partial charge is 0.247 e. The van der Waals surface area contributed by atoms with Crippen molar-refractivity contribution in [3.05, 3.63) is 0 Å². The Bertz CT molecular complexity index is 401. The van der Waals surface area contributed by atoms with Gasteiger partial charge in [-0.25, -0.2) is 0 Å². The van der Waals surface area contributed by atoms with Crippen LogP contribution < -0.4 is 10.6 Å². The van der Waals surface area contributed by atoms with E-state index < -0.39 is 6.04 Å². The summed E-state index contributed by atoms with van der Waals surface area (Å²) in [7, 11) is 0. The first-order valence-electron chi connectivity index (χ1n) is 6.54. The highest BCUT2D eigenvalue weighted by atomic mass is 16.2. The lowest BCUT2D eigenvalue weighted by Gasteiger charge is -2.14. The maximum atomic E-state index is 12.0. The van der Waals surface area contributed by atoms with E-state index in [4.69, 9.17) is 0 Å². The molecular formula is C12H17N3O3. The molecule has 0 bridgehead atoms. The topological polar surface area (TPSA) is 78.5 Å². The molecule has 6 nitrogen and oxygen atoms in total. The predicted molar refractivity (Wildman–Crippen MR) is 62.4 cm³/mol. The van der Waals surface area contributed by atoms with Crippen molar-refractivity contribution in [3.63, 3.8) is 0 Å². The second-order valence-electron chi connectivity index (χ2n) is 5.31. The Kier molecular flexibility index (Phi) is 2.81. The van der Waals surface area contributed by atoms with Gasteiger partial charge in [0, 0.05) is 12.1 Å². The number of hydrogen-bond acceptors (Lipinski definition) is 4. The van der Waals surface area contributed by atoms with E-state index in [2.05, 4.69) is 10.6 Å². The van der Waals surface area contributed by atoms with Gasteiger partial charge in [0.05, 0.1) is 19.0 Å². The Balaban J connectivity index is 1.49. The van der Waals surface area contributed by atoms with Gasteiger partial charge in [0.15, 0.2) is 0 Å². The molecule has 2 saturated carbocycles. The van der Waals surface area contributed by atoms with Gasteiger partial charge in [-0.3, -0.25) is 24.6 Å². The Morgan fingerprint density at radius 3 is 2.56 bits per heavy atom. The number of amides is 3. The summed E-state index contributed by atoms with van der Waals surface area (Å²) in [6, 6.07) is -0.0664. The molecule has 3 aliphatic rings. The summed E-state index contributed by atoms with van der Waals surface area (Å²) in [6.07, 6.45) is 4.12. The molecule has 1 saturated heterocycles. The van der Waals surface area contributed by atoms with E-state index in [1.807, 2.05) is 0 Å². The first-order valence-corrected chi connectivity index (χ1v) is 6.54. The first-order chi connectivity index (χ1) is 8.65. The zero-order valence-corrected chi connectivity index (χ0v) is 10.1. The number of carbonyl (C=O) groups excluding carboxylic acids is 3. The lowest BCUT2D eigenvalue weighted by molar-refractivity contribution is -0.139. The SMILES string of the molecule is O=C(CNC1CC(=O)N(C2CC2)C1=O)NC1CC1. The van der Waals surface area contributed by atoms with E-state index in [1.165, 1.54) is 4.90 Å². The maximum Gasteiger partial charge on any atom is 0.247 e. The molecule has 3 fully saturated rings. The van der Waals surface area contributed by atoms with Crippen molar-refractivity contribution in [2.75, 3.05) is 6.54 Å². The van der Waals surface area contributed by atoms with Crippen molar-refractivity contribution in [2.45, 2.75) is 50.2 Å². The molecule has 3 rings (SSSR count). The quantitative estimate of drug-likeness (QED) is 0.624. The van der Waals surface area contributed by atoms with Crippen LogP contribution in [0.25, 0.3) is 0 Å². The molecular weight excluding hydrogens is 234 g/mol. The van der Waals surface area contributed by atoms with Gasteiger partial charge in [0.25, 0.3) is 0 Å². The third-order valence-corrected chi connectivity index (χ3v) is 3.55. The maximum absolute atomic E-state index is 12.0. The molecule has 0 aromatic heterocycles. The van der Waals surface area contributed by atoms with Gasteiger partial charge in [-0.15, -0.1) is 0 Å². The third-order valence-electron chi connectivity index (χ3n) is 3.55. The Hall–Kier alpha value is -1.43. The third kappa shape index (κ3) is 2.38. The van der Waals surface area contributed by atoms with Crippen molar-refractivity contribution in [2.24, 2.45) is 0 Å². The number of nitrogens with zero attached hydrogens (tertiary/aromatic N) is 1. The van der Waals surface area contributed by atoms with Crippen LogP contribution in [0, 0.1) is 0 Å². The number of rotatable bonds is 5. The van der Waals surface area contributed by atoms with Crippen molar-refractivity contribution in [3.8, 4) is 0 Å². The molecule has 0 spiro atoms. The van der Waals surface area contributed by atoms with Gasteiger partial charge in [0.2, 0.25) is 17.7 Å². The standard InChI is InChI=1S/C12H17N3O3/c16-10(14-7-1-2-7)6-13-9-5-11(17)15(12(9)18)8-3-4-8/h7-9,13H,1-6H2,(H,14,16). The van der Waals surface area contributed by atoms with E-state index in [1.54, 1.807) is 0 Å². The van der Waals surface area contributed by atoms with Gasteiger partial charge in [-0.05, 0) is 25.7 Å². The molecule has 18 heavy (non-hydrogen) atoms. The van der Waals surface area contributed by atoms with Crippen molar-refractivity contribution >= 4 is 17.7 Å².